The SMILES string of the molecule is CCOC(=O)c1ccc(S(=O)(=O)Nc2ccc3nc(C4CCC4)[nH]c3c2)cc1. The van der Waals surface area contributed by atoms with Crippen molar-refractivity contribution in [2.75, 3.05) is 11.3 Å². The third-order valence-electron chi connectivity index (χ3n) is 4.92. The quantitative estimate of drug-likeness (QED) is 0.614. The molecule has 2 N–H and O–H groups in total. The monoisotopic (exact) mass is 399 g/mol. The molecule has 0 radical (unpaired) electrons. The van der Waals surface area contributed by atoms with Crippen LogP contribution in [0.25, 0.3) is 11.0 Å². The molecule has 3 aromatic rings. The third-order valence-corrected chi connectivity index (χ3v) is 6.32. The van der Waals surface area contributed by atoms with Crippen LogP contribution in [-0.4, -0.2) is 31.0 Å². The number of carbonyl (C=O) groups is 1. The van der Waals surface area contributed by atoms with Crippen LogP contribution in [0, 0.1) is 0 Å². The number of carbonyl (C=O) groups excluding carboxylic acids is 1. The van der Waals surface area contributed by atoms with Gasteiger partial charge in [0, 0.05) is 5.92 Å². The van der Waals surface area contributed by atoms with E-state index in [1.807, 2.05) is 0 Å². The number of nitrogens with zero attached hydrogens (tertiary/aromatic N) is 1. The average Bonchev–Trinajstić information content (AvgIpc) is 3.02. The number of fused-ring (bicyclic) bond motifs is 1. The van der Waals surface area contributed by atoms with Crippen LogP contribution in [0.4, 0.5) is 5.69 Å². The number of ether oxygens (including phenoxy) is 1. The highest BCUT2D eigenvalue weighted by molar-refractivity contribution is 7.92. The van der Waals surface area contributed by atoms with E-state index in [2.05, 4.69) is 14.7 Å². The molecule has 28 heavy (non-hydrogen) atoms. The lowest BCUT2D eigenvalue weighted by molar-refractivity contribution is 0.0526. The van der Waals surface area contributed by atoms with E-state index in [0.29, 0.717) is 17.2 Å². The van der Waals surface area contributed by atoms with Gasteiger partial charge in [-0.05, 0) is 62.2 Å². The number of sulfonamides is 1. The van der Waals surface area contributed by atoms with Gasteiger partial charge < -0.3 is 9.72 Å². The van der Waals surface area contributed by atoms with E-state index in [0.717, 1.165) is 29.7 Å². The molecule has 0 saturated heterocycles. The maximum absolute atomic E-state index is 12.7. The highest BCUT2D eigenvalue weighted by Gasteiger charge is 2.23. The maximum Gasteiger partial charge on any atom is 0.338 e. The van der Waals surface area contributed by atoms with E-state index < -0.39 is 16.0 Å². The van der Waals surface area contributed by atoms with Gasteiger partial charge in [0.2, 0.25) is 0 Å². The summed E-state index contributed by atoms with van der Waals surface area (Å²) in [5.74, 6) is 0.965. The van der Waals surface area contributed by atoms with Crippen molar-refractivity contribution in [2.45, 2.75) is 37.0 Å². The zero-order valence-corrected chi connectivity index (χ0v) is 16.3. The van der Waals surface area contributed by atoms with Gasteiger partial charge in [-0.25, -0.2) is 18.2 Å². The van der Waals surface area contributed by atoms with E-state index in [9.17, 15) is 13.2 Å². The second-order valence-corrected chi connectivity index (χ2v) is 8.51. The number of hydrogen-bond donors (Lipinski definition) is 2. The normalized spacial score (nSPS) is 14.6. The summed E-state index contributed by atoms with van der Waals surface area (Å²) in [5.41, 5.74) is 2.39. The van der Waals surface area contributed by atoms with Gasteiger partial charge in [0.25, 0.3) is 10.0 Å². The Bertz CT molecular complexity index is 1120. The number of rotatable bonds is 6. The molecule has 7 nitrogen and oxygen atoms in total. The van der Waals surface area contributed by atoms with Crippen LogP contribution in [0.2, 0.25) is 0 Å². The second-order valence-electron chi connectivity index (χ2n) is 6.83. The first-order valence-corrected chi connectivity index (χ1v) is 10.7. The lowest BCUT2D eigenvalue weighted by Crippen LogP contribution is -2.13. The van der Waals surface area contributed by atoms with Crippen molar-refractivity contribution in [3.8, 4) is 0 Å². The Morgan fingerprint density at radius 2 is 1.96 bits per heavy atom. The summed E-state index contributed by atoms with van der Waals surface area (Å²) in [5, 5.41) is 0. The van der Waals surface area contributed by atoms with Crippen LogP contribution in [-0.2, 0) is 14.8 Å². The van der Waals surface area contributed by atoms with Crippen molar-refractivity contribution in [3.05, 3.63) is 53.9 Å². The smallest absolute Gasteiger partial charge is 0.338 e. The number of anilines is 1. The molecule has 1 fully saturated rings. The van der Waals surface area contributed by atoms with Gasteiger partial charge in [-0.15, -0.1) is 0 Å². The summed E-state index contributed by atoms with van der Waals surface area (Å²) < 4.78 is 32.8. The van der Waals surface area contributed by atoms with Gasteiger partial charge >= 0.3 is 5.97 Å². The number of hydrogen-bond acceptors (Lipinski definition) is 5. The van der Waals surface area contributed by atoms with Crippen LogP contribution in [0.5, 0.6) is 0 Å². The van der Waals surface area contributed by atoms with Gasteiger partial charge in [-0.3, -0.25) is 4.72 Å². The number of aromatic amines is 1. The third kappa shape index (κ3) is 3.60. The Morgan fingerprint density at radius 1 is 1.21 bits per heavy atom. The molecule has 8 heteroatoms. The number of esters is 1. The van der Waals surface area contributed by atoms with E-state index in [4.69, 9.17) is 4.74 Å². The zero-order valence-electron chi connectivity index (χ0n) is 15.4. The predicted octanol–water partition coefficient (Wildman–Crippen LogP) is 3.81. The maximum atomic E-state index is 12.7. The molecule has 2 aromatic carbocycles. The second kappa shape index (κ2) is 7.27. The Labute approximate surface area is 163 Å². The molecular formula is C20H21N3O4S. The van der Waals surface area contributed by atoms with Gasteiger partial charge in [-0.2, -0.15) is 0 Å². The summed E-state index contributed by atoms with van der Waals surface area (Å²) in [6.45, 7) is 1.98. The lowest BCUT2D eigenvalue weighted by Gasteiger charge is -2.22. The van der Waals surface area contributed by atoms with Crippen molar-refractivity contribution >= 4 is 32.7 Å². The van der Waals surface area contributed by atoms with Gasteiger partial charge in [0.1, 0.15) is 5.82 Å². The number of H-pyrrole nitrogens is 1. The molecular weight excluding hydrogens is 378 g/mol. The minimum Gasteiger partial charge on any atom is -0.462 e. The molecule has 0 unspecified atom stereocenters. The van der Waals surface area contributed by atoms with Crippen molar-refractivity contribution < 1.29 is 17.9 Å². The molecule has 0 atom stereocenters. The Balaban J connectivity index is 1.54. The Kier molecular flexibility index (Phi) is 4.80. The minimum atomic E-state index is -3.78. The predicted molar refractivity (Wildman–Crippen MR) is 106 cm³/mol. The highest BCUT2D eigenvalue weighted by atomic mass is 32.2. The number of aromatic nitrogens is 2. The molecule has 4 rings (SSSR count). The van der Waals surface area contributed by atoms with Crippen molar-refractivity contribution in [1.29, 1.82) is 0 Å². The van der Waals surface area contributed by atoms with E-state index >= 15 is 0 Å². The van der Waals surface area contributed by atoms with E-state index in [-0.39, 0.29) is 11.5 Å². The molecule has 1 saturated carbocycles. The summed E-state index contributed by atoms with van der Waals surface area (Å²) in [6, 6.07) is 10.9. The molecule has 0 aliphatic heterocycles. The van der Waals surface area contributed by atoms with Crippen LogP contribution in [0.3, 0.4) is 0 Å². The molecule has 1 aromatic heterocycles. The summed E-state index contributed by atoms with van der Waals surface area (Å²) in [4.78, 5) is 19.7. The number of imidazole rings is 1. The molecule has 0 bridgehead atoms. The molecule has 0 amide bonds. The van der Waals surface area contributed by atoms with Gasteiger partial charge in [0.15, 0.2) is 0 Å². The van der Waals surface area contributed by atoms with Crippen LogP contribution >= 0.6 is 0 Å². The number of nitrogens with one attached hydrogen (secondary N) is 2. The molecule has 1 aliphatic carbocycles. The topological polar surface area (TPSA) is 101 Å². The summed E-state index contributed by atoms with van der Waals surface area (Å²) in [7, 11) is -3.78. The first-order chi connectivity index (χ1) is 13.5. The van der Waals surface area contributed by atoms with Crippen molar-refractivity contribution in [2.24, 2.45) is 0 Å². The van der Waals surface area contributed by atoms with Crippen molar-refractivity contribution in [3.63, 3.8) is 0 Å². The first kappa shape index (κ1) is 18.5. The van der Waals surface area contributed by atoms with E-state index in [1.54, 1.807) is 25.1 Å². The highest BCUT2D eigenvalue weighted by Crippen LogP contribution is 2.35. The summed E-state index contributed by atoms with van der Waals surface area (Å²) >= 11 is 0. The fraction of sp³-hybridized carbons (Fsp3) is 0.300. The number of benzene rings is 2. The average molecular weight is 399 g/mol. The zero-order chi connectivity index (χ0) is 19.7. The van der Waals surface area contributed by atoms with Gasteiger partial charge in [0.05, 0.1) is 33.8 Å². The molecule has 1 aliphatic rings. The Morgan fingerprint density at radius 3 is 2.61 bits per heavy atom. The fourth-order valence-electron chi connectivity index (χ4n) is 3.17. The molecule has 146 valence electrons. The molecule has 0 spiro atoms. The van der Waals surface area contributed by atoms with Crippen molar-refractivity contribution in [1.82, 2.24) is 9.97 Å². The largest absolute Gasteiger partial charge is 0.462 e. The van der Waals surface area contributed by atoms with E-state index in [1.165, 1.54) is 30.7 Å². The lowest BCUT2D eigenvalue weighted by atomic mass is 9.85. The standard InChI is InChI=1S/C20H21N3O4S/c1-2-27-20(24)14-6-9-16(10-7-14)28(25,26)23-15-8-11-17-18(12-15)22-19(21-17)13-4-3-5-13/h6-13,23H,2-5H2,1H3,(H,21,22). The van der Waals surface area contributed by atoms with Crippen LogP contribution < -0.4 is 4.72 Å². The fourth-order valence-corrected chi connectivity index (χ4v) is 4.22. The van der Waals surface area contributed by atoms with Crippen LogP contribution in [0.15, 0.2) is 47.4 Å². The Hall–Kier alpha value is -2.87. The van der Waals surface area contributed by atoms with Gasteiger partial charge in [-0.1, -0.05) is 6.42 Å². The molecule has 1 heterocycles. The first-order valence-electron chi connectivity index (χ1n) is 9.26. The summed E-state index contributed by atoms with van der Waals surface area (Å²) in [6.07, 6.45) is 3.50. The minimum absolute atomic E-state index is 0.0698. The van der Waals surface area contributed by atoms with Crippen LogP contribution in [0.1, 0.15) is 48.3 Å².